The van der Waals surface area contributed by atoms with Gasteiger partial charge in [0.2, 0.25) is 0 Å². The molecule has 1 aromatic carbocycles. The van der Waals surface area contributed by atoms with Gasteiger partial charge < -0.3 is 10.5 Å². The van der Waals surface area contributed by atoms with E-state index in [1.165, 1.54) is 0 Å². The van der Waals surface area contributed by atoms with E-state index in [0.717, 1.165) is 22.0 Å². The predicted octanol–water partition coefficient (Wildman–Crippen LogP) is 4.12. The van der Waals surface area contributed by atoms with Crippen molar-refractivity contribution in [1.82, 2.24) is 9.97 Å². The Morgan fingerprint density at radius 3 is 2.38 bits per heavy atom. The first-order chi connectivity index (χ1) is 9.92. The molecule has 0 saturated carbocycles. The van der Waals surface area contributed by atoms with E-state index in [1.807, 2.05) is 39.8 Å². The second-order valence-electron chi connectivity index (χ2n) is 5.37. The summed E-state index contributed by atoms with van der Waals surface area (Å²) in [6.07, 6.45) is 1.68. The van der Waals surface area contributed by atoms with Gasteiger partial charge in [0, 0.05) is 17.5 Å². The van der Waals surface area contributed by atoms with Gasteiger partial charge in [0.05, 0.1) is 6.20 Å². The van der Waals surface area contributed by atoms with Gasteiger partial charge in [0.15, 0.2) is 5.75 Å². The molecule has 5 heteroatoms. The Morgan fingerprint density at radius 2 is 1.86 bits per heavy atom. The van der Waals surface area contributed by atoms with Crippen molar-refractivity contribution in [2.24, 2.45) is 5.73 Å². The summed E-state index contributed by atoms with van der Waals surface area (Å²) in [5, 5.41) is 0.757. The van der Waals surface area contributed by atoms with Crippen LogP contribution in [-0.4, -0.2) is 9.97 Å². The topological polar surface area (TPSA) is 61.0 Å². The highest BCUT2D eigenvalue weighted by Crippen LogP contribution is 2.30. The molecule has 0 amide bonds. The van der Waals surface area contributed by atoms with E-state index in [0.29, 0.717) is 23.7 Å². The molecule has 112 valence electrons. The molecule has 2 rings (SSSR count). The molecule has 1 heterocycles. The number of benzene rings is 1. The third-order valence-electron chi connectivity index (χ3n) is 3.20. The number of aryl methyl sites for hydroxylation is 2. The zero-order valence-electron chi connectivity index (χ0n) is 12.8. The highest BCUT2D eigenvalue weighted by molar-refractivity contribution is 6.32. The summed E-state index contributed by atoms with van der Waals surface area (Å²) in [7, 11) is 0. The molecule has 0 bridgehead atoms. The average molecular weight is 306 g/mol. The standard InChI is InChI=1S/C16H20ClN3O/c1-9(2)16-19-8-14(13(7-18)20-16)21-12-5-10(3)15(17)11(4)6-12/h5-6,8-9H,7,18H2,1-4H3. The van der Waals surface area contributed by atoms with E-state index in [-0.39, 0.29) is 5.92 Å². The lowest BCUT2D eigenvalue weighted by Crippen LogP contribution is -2.07. The number of nitrogens with zero attached hydrogens (tertiary/aromatic N) is 2. The van der Waals surface area contributed by atoms with Gasteiger partial charge in [0.1, 0.15) is 17.3 Å². The van der Waals surface area contributed by atoms with Gasteiger partial charge in [0.25, 0.3) is 0 Å². The fourth-order valence-corrected chi connectivity index (χ4v) is 2.13. The number of nitrogens with two attached hydrogens (primary N) is 1. The summed E-state index contributed by atoms with van der Waals surface area (Å²) in [4.78, 5) is 8.79. The van der Waals surface area contributed by atoms with Crippen LogP contribution in [0.2, 0.25) is 5.02 Å². The molecule has 2 aromatic rings. The van der Waals surface area contributed by atoms with Crippen molar-refractivity contribution in [2.75, 3.05) is 0 Å². The molecular formula is C16H20ClN3O. The van der Waals surface area contributed by atoms with Gasteiger partial charge in [-0.2, -0.15) is 0 Å². The summed E-state index contributed by atoms with van der Waals surface area (Å²) in [6, 6.07) is 3.79. The lowest BCUT2D eigenvalue weighted by Gasteiger charge is -2.13. The van der Waals surface area contributed by atoms with Gasteiger partial charge in [-0.25, -0.2) is 9.97 Å². The molecule has 0 radical (unpaired) electrons. The maximum Gasteiger partial charge on any atom is 0.168 e. The Morgan fingerprint density at radius 1 is 1.24 bits per heavy atom. The Hall–Kier alpha value is -1.65. The number of ether oxygens (including phenoxy) is 1. The van der Waals surface area contributed by atoms with E-state index < -0.39 is 0 Å². The van der Waals surface area contributed by atoms with Crippen molar-refractivity contribution >= 4 is 11.6 Å². The minimum absolute atomic E-state index is 0.254. The predicted molar refractivity (Wildman–Crippen MR) is 85.0 cm³/mol. The van der Waals surface area contributed by atoms with Crippen LogP contribution in [0.3, 0.4) is 0 Å². The fraction of sp³-hybridized carbons (Fsp3) is 0.375. The minimum Gasteiger partial charge on any atom is -0.454 e. The molecule has 4 nitrogen and oxygen atoms in total. The molecule has 0 aliphatic carbocycles. The van der Waals surface area contributed by atoms with Crippen LogP contribution in [0.15, 0.2) is 18.3 Å². The number of hydrogen-bond donors (Lipinski definition) is 1. The van der Waals surface area contributed by atoms with Crippen molar-refractivity contribution in [3.05, 3.63) is 46.0 Å². The number of rotatable bonds is 4. The Balaban J connectivity index is 2.35. The zero-order valence-corrected chi connectivity index (χ0v) is 13.5. The Kier molecular flexibility index (Phi) is 4.80. The average Bonchev–Trinajstić information content (AvgIpc) is 2.44. The monoisotopic (exact) mass is 305 g/mol. The van der Waals surface area contributed by atoms with Crippen LogP contribution in [0.5, 0.6) is 11.5 Å². The summed E-state index contributed by atoms with van der Waals surface area (Å²) in [6.45, 7) is 8.29. The smallest absolute Gasteiger partial charge is 0.168 e. The molecule has 1 aromatic heterocycles. The maximum absolute atomic E-state index is 6.17. The maximum atomic E-state index is 6.17. The van der Waals surface area contributed by atoms with Crippen LogP contribution in [0.25, 0.3) is 0 Å². The molecule has 0 fully saturated rings. The van der Waals surface area contributed by atoms with E-state index in [2.05, 4.69) is 9.97 Å². The number of aromatic nitrogens is 2. The van der Waals surface area contributed by atoms with Crippen molar-refractivity contribution in [3.8, 4) is 11.5 Å². The summed E-state index contributed by atoms with van der Waals surface area (Å²) < 4.78 is 5.89. The summed E-state index contributed by atoms with van der Waals surface area (Å²) in [5.41, 5.74) is 8.42. The van der Waals surface area contributed by atoms with E-state index >= 15 is 0 Å². The van der Waals surface area contributed by atoms with Gasteiger partial charge in [-0.1, -0.05) is 25.4 Å². The quantitative estimate of drug-likeness (QED) is 0.923. The van der Waals surface area contributed by atoms with Crippen LogP contribution in [-0.2, 0) is 6.54 Å². The first-order valence-corrected chi connectivity index (χ1v) is 7.30. The molecule has 0 atom stereocenters. The summed E-state index contributed by atoms with van der Waals surface area (Å²) >= 11 is 6.17. The zero-order chi connectivity index (χ0) is 15.6. The first-order valence-electron chi connectivity index (χ1n) is 6.92. The van der Waals surface area contributed by atoms with Crippen molar-refractivity contribution in [1.29, 1.82) is 0 Å². The van der Waals surface area contributed by atoms with Crippen LogP contribution < -0.4 is 10.5 Å². The van der Waals surface area contributed by atoms with Gasteiger partial charge in [-0.3, -0.25) is 0 Å². The highest BCUT2D eigenvalue weighted by Gasteiger charge is 2.11. The first kappa shape index (κ1) is 15.7. The molecule has 0 aliphatic rings. The molecule has 0 saturated heterocycles. The molecular weight excluding hydrogens is 286 g/mol. The Labute approximate surface area is 130 Å². The third-order valence-corrected chi connectivity index (χ3v) is 3.79. The van der Waals surface area contributed by atoms with E-state index in [4.69, 9.17) is 22.1 Å². The van der Waals surface area contributed by atoms with Crippen LogP contribution >= 0.6 is 11.6 Å². The second-order valence-corrected chi connectivity index (χ2v) is 5.75. The van der Waals surface area contributed by atoms with Gasteiger partial charge in [-0.05, 0) is 37.1 Å². The van der Waals surface area contributed by atoms with Crippen molar-refractivity contribution in [3.63, 3.8) is 0 Å². The van der Waals surface area contributed by atoms with Crippen molar-refractivity contribution in [2.45, 2.75) is 40.2 Å². The van der Waals surface area contributed by atoms with Crippen LogP contribution in [0.4, 0.5) is 0 Å². The normalized spacial score (nSPS) is 11.0. The van der Waals surface area contributed by atoms with Crippen LogP contribution in [0.1, 0.15) is 42.4 Å². The van der Waals surface area contributed by atoms with Gasteiger partial charge in [-0.15, -0.1) is 0 Å². The SMILES string of the molecule is Cc1cc(Oc2cnc(C(C)C)nc2CN)cc(C)c1Cl. The molecule has 2 N–H and O–H groups in total. The lowest BCUT2D eigenvalue weighted by molar-refractivity contribution is 0.466. The number of halogens is 1. The molecule has 0 aliphatic heterocycles. The van der Waals surface area contributed by atoms with Crippen molar-refractivity contribution < 1.29 is 4.74 Å². The molecule has 0 spiro atoms. The highest BCUT2D eigenvalue weighted by atomic mass is 35.5. The number of hydrogen-bond acceptors (Lipinski definition) is 4. The third kappa shape index (κ3) is 3.52. The minimum atomic E-state index is 0.254. The molecule has 0 unspecified atom stereocenters. The van der Waals surface area contributed by atoms with Crippen LogP contribution in [0, 0.1) is 13.8 Å². The Bertz CT molecular complexity index is 633. The summed E-state index contributed by atoms with van der Waals surface area (Å²) in [5.74, 6) is 2.32. The van der Waals surface area contributed by atoms with E-state index in [1.54, 1.807) is 6.20 Å². The lowest BCUT2D eigenvalue weighted by atomic mass is 10.1. The largest absolute Gasteiger partial charge is 0.454 e. The van der Waals surface area contributed by atoms with E-state index in [9.17, 15) is 0 Å². The van der Waals surface area contributed by atoms with Gasteiger partial charge >= 0.3 is 0 Å². The fourth-order valence-electron chi connectivity index (χ4n) is 2.02. The molecule has 21 heavy (non-hydrogen) atoms. The second kappa shape index (κ2) is 6.41.